The molecule has 0 radical (unpaired) electrons. The Kier molecular flexibility index (Phi) is 3.00. The van der Waals surface area contributed by atoms with Crippen molar-refractivity contribution in [1.82, 2.24) is 5.32 Å². The number of anilines is 2. The topological polar surface area (TPSA) is 27.3 Å². The maximum atomic E-state index is 6.00. The highest BCUT2D eigenvalue weighted by Crippen LogP contribution is 2.40. The van der Waals surface area contributed by atoms with E-state index in [0.29, 0.717) is 0 Å². The molecule has 1 aliphatic heterocycles. The average molecular weight is 240 g/mol. The quantitative estimate of drug-likeness (QED) is 0.849. The van der Waals surface area contributed by atoms with Crippen molar-refractivity contribution in [3.8, 4) is 0 Å². The lowest BCUT2D eigenvalue weighted by atomic mass is 10.2. The van der Waals surface area contributed by atoms with Crippen molar-refractivity contribution in [2.75, 3.05) is 30.4 Å². The molecule has 0 spiro atoms. The summed E-state index contributed by atoms with van der Waals surface area (Å²) in [5, 5.41) is 7.44. The van der Waals surface area contributed by atoms with Crippen molar-refractivity contribution in [2.24, 2.45) is 0 Å². The van der Waals surface area contributed by atoms with Crippen molar-refractivity contribution in [3.05, 3.63) is 23.2 Å². The second-order valence-electron chi connectivity index (χ2n) is 4.60. The Morgan fingerprint density at radius 2 is 2.19 bits per heavy atom. The van der Waals surface area contributed by atoms with Crippen molar-refractivity contribution in [1.29, 1.82) is 0 Å². The van der Waals surface area contributed by atoms with E-state index in [1.165, 1.54) is 5.69 Å². The number of benzene rings is 1. The first-order valence-corrected chi connectivity index (χ1v) is 5.92. The third kappa shape index (κ3) is 1.97. The van der Waals surface area contributed by atoms with E-state index in [4.69, 9.17) is 11.6 Å². The van der Waals surface area contributed by atoms with Gasteiger partial charge in [0.05, 0.1) is 11.4 Å². The Hall–Kier alpha value is -0.930. The summed E-state index contributed by atoms with van der Waals surface area (Å²) in [6.45, 7) is 6.30. The van der Waals surface area contributed by atoms with Crippen LogP contribution in [0.5, 0.6) is 0 Å². The van der Waals surface area contributed by atoms with Gasteiger partial charge in [-0.05, 0) is 39.1 Å². The van der Waals surface area contributed by atoms with Gasteiger partial charge in [0, 0.05) is 18.1 Å². The van der Waals surface area contributed by atoms with Gasteiger partial charge < -0.3 is 15.5 Å². The van der Waals surface area contributed by atoms with E-state index in [1.54, 1.807) is 0 Å². The molecule has 3 nitrogen and oxygen atoms in total. The van der Waals surface area contributed by atoms with E-state index in [2.05, 4.69) is 35.4 Å². The van der Waals surface area contributed by atoms with Crippen LogP contribution in [-0.2, 0) is 0 Å². The number of likely N-dealkylation sites (N-methyl/N-ethyl adjacent to an activating group) is 1. The molecule has 0 saturated heterocycles. The minimum Gasteiger partial charge on any atom is -0.361 e. The third-order valence-electron chi connectivity index (χ3n) is 2.95. The molecule has 0 aromatic heterocycles. The molecule has 1 aliphatic rings. The number of halogens is 1. The van der Waals surface area contributed by atoms with Crippen LogP contribution in [0, 0.1) is 0 Å². The fraction of sp³-hybridized carbons (Fsp3) is 0.500. The monoisotopic (exact) mass is 239 g/mol. The summed E-state index contributed by atoms with van der Waals surface area (Å²) >= 11 is 6.00. The highest BCUT2D eigenvalue weighted by molar-refractivity contribution is 6.31. The zero-order chi connectivity index (χ0) is 11.8. The van der Waals surface area contributed by atoms with Crippen LogP contribution >= 0.6 is 11.6 Å². The van der Waals surface area contributed by atoms with Gasteiger partial charge in [-0.1, -0.05) is 11.6 Å². The highest BCUT2D eigenvalue weighted by Gasteiger charge is 2.34. The molecule has 1 aromatic carbocycles. The van der Waals surface area contributed by atoms with Crippen LogP contribution in [0.25, 0.3) is 0 Å². The summed E-state index contributed by atoms with van der Waals surface area (Å²) in [5.41, 5.74) is 2.29. The van der Waals surface area contributed by atoms with Crippen molar-refractivity contribution in [2.45, 2.75) is 19.5 Å². The number of rotatable bonds is 3. The number of hydrogen-bond donors (Lipinski definition) is 2. The summed E-state index contributed by atoms with van der Waals surface area (Å²) < 4.78 is 0. The maximum Gasteiger partial charge on any atom is 0.105 e. The van der Waals surface area contributed by atoms with Crippen LogP contribution in [0.4, 0.5) is 11.4 Å². The summed E-state index contributed by atoms with van der Waals surface area (Å²) in [6.07, 6.45) is 0. The van der Waals surface area contributed by atoms with Gasteiger partial charge in [-0.3, -0.25) is 0 Å². The van der Waals surface area contributed by atoms with Crippen molar-refractivity contribution < 1.29 is 0 Å². The van der Waals surface area contributed by atoms with Gasteiger partial charge in [-0.2, -0.15) is 0 Å². The van der Waals surface area contributed by atoms with Crippen LogP contribution in [0.15, 0.2) is 18.2 Å². The molecule has 2 rings (SSSR count). The van der Waals surface area contributed by atoms with Gasteiger partial charge >= 0.3 is 0 Å². The smallest absolute Gasteiger partial charge is 0.105 e. The molecule has 0 amide bonds. The number of nitrogens with one attached hydrogen (secondary N) is 2. The first-order chi connectivity index (χ1) is 7.54. The molecule has 0 bridgehead atoms. The fourth-order valence-corrected chi connectivity index (χ4v) is 2.34. The van der Waals surface area contributed by atoms with E-state index in [9.17, 15) is 0 Å². The lowest BCUT2D eigenvalue weighted by Crippen LogP contribution is -2.47. The minimum absolute atomic E-state index is 0.0517. The zero-order valence-electron chi connectivity index (χ0n) is 9.97. The van der Waals surface area contributed by atoms with Crippen LogP contribution in [-0.4, -0.2) is 25.8 Å². The molecule has 16 heavy (non-hydrogen) atoms. The molecule has 0 saturated carbocycles. The first kappa shape index (κ1) is 11.6. The third-order valence-corrected chi connectivity index (χ3v) is 3.19. The SMILES string of the molecule is CNCCN1c2ccc(Cl)cc2NC1(C)C. The minimum atomic E-state index is -0.0517. The van der Waals surface area contributed by atoms with Gasteiger partial charge in [-0.15, -0.1) is 0 Å². The van der Waals surface area contributed by atoms with E-state index in [1.807, 2.05) is 19.2 Å². The van der Waals surface area contributed by atoms with Gasteiger partial charge in [0.15, 0.2) is 0 Å². The van der Waals surface area contributed by atoms with E-state index in [0.717, 1.165) is 23.8 Å². The van der Waals surface area contributed by atoms with Gasteiger partial charge in [0.25, 0.3) is 0 Å². The molecule has 4 heteroatoms. The lowest BCUT2D eigenvalue weighted by Gasteiger charge is -2.33. The van der Waals surface area contributed by atoms with Gasteiger partial charge in [-0.25, -0.2) is 0 Å². The van der Waals surface area contributed by atoms with Gasteiger partial charge in [0.1, 0.15) is 5.66 Å². The molecule has 1 aromatic rings. The molecule has 0 unspecified atom stereocenters. The fourth-order valence-electron chi connectivity index (χ4n) is 2.17. The van der Waals surface area contributed by atoms with Crippen LogP contribution in [0.1, 0.15) is 13.8 Å². The second kappa shape index (κ2) is 4.15. The highest BCUT2D eigenvalue weighted by atomic mass is 35.5. The van der Waals surface area contributed by atoms with E-state index < -0.39 is 0 Å². The summed E-state index contributed by atoms with van der Waals surface area (Å²) in [4.78, 5) is 2.36. The van der Waals surface area contributed by atoms with Gasteiger partial charge in [0.2, 0.25) is 0 Å². The van der Waals surface area contributed by atoms with E-state index in [-0.39, 0.29) is 5.66 Å². The first-order valence-electron chi connectivity index (χ1n) is 5.54. The van der Waals surface area contributed by atoms with Crippen LogP contribution < -0.4 is 15.5 Å². The summed E-state index contributed by atoms with van der Waals surface area (Å²) in [7, 11) is 1.97. The van der Waals surface area contributed by atoms with Crippen molar-refractivity contribution >= 4 is 23.0 Å². The maximum absolute atomic E-state index is 6.00. The Bertz CT molecular complexity index is 390. The molecule has 0 fully saturated rings. The predicted molar refractivity (Wildman–Crippen MR) is 70.4 cm³/mol. The molecule has 0 atom stereocenters. The number of nitrogens with zero attached hydrogens (tertiary/aromatic N) is 1. The second-order valence-corrected chi connectivity index (χ2v) is 5.04. The zero-order valence-corrected chi connectivity index (χ0v) is 10.7. The Morgan fingerprint density at radius 1 is 1.44 bits per heavy atom. The summed E-state index contributed by atoms with van der Waals surface area (Å²) in [5.74, 6) is 0. The van der Waals surface area contributed by atoms with E-state index >= 15 is 0 Å². The largest absolute Gasteiger partial charge is 0.361 e. The molecular formula is C12H18ClN3. The van der Waals surface area contributed by atoms with Crippen LogP contribution in [0.3, 0.4) is 0 Å². The molecule has 0 aliphatic carbocycles. The number of hydrogen-bond acceptors (Lipinski definition) is 3. The predicted octanol–water partition coefficient (Wildman–Crippen LogP) is 2.53. The molecule has 2 N–H and O–H groups in total. The molecule has 1 heterocycles. The Morgan fingerprint density at radius 3 is 2.88 bits per heavy atom. The Labute approximate surface area is 102 Å². The van der Waals surface area contributed by atoms with Crippen LogP contribution in [0.2, 0.25) is 5.02 Å². The lowest BCUT2D eigenvalue weighted by molar-refractivity contribution is 0.533. The summed E-state index contributed by atoms with van der Waals surface area (Å²) in [6, 6.07) is 6.00. The standard InChI is InChI=1S/C12H18ClN3/c1-12(2)15-10-8-9(13)4-5-11(10)16(12)7-6-14-3/h4-5,8,14-15H,6-7H2,1-3H3. The van der Waals surface area contributed by atoms with Crippen molar-refractivity contribution in [3.63, 3.8) is 0 Å². The molecular weight excluding hydrogens is 222 g/mol. The Balaban J connectivity index is 2.30. The normalized spacial score (nSPS) is 17.1. The molecule has 88 valence electrons. The average Bonchev–Trinajstić information content (AvgIpc) is 2.44. The number of fused-ring (bicyclic) bond motifs is 1.